The van der Waals surface area contributed by atoms with Crippen LogP contribution in [-0.2, 0) is 6.42 Å². The van der Waals surface area contributed by atoms with Crippen LogP contribution in [-0.4, -0.2) is 15.8 Å². The van der Waals surface area contributed by atoms with E-state index < -0.39 is 0 Å². The maximum absolute atomic E-state index is 11.7. The number of hydrogen-bond donors (Lipinski definition) is 0. The van der Waals surface area contributed by atoms with Crippen molar-refractivity contribution in [1.82, 2.24) is 9.97 Å². The zero-order chi connectivity index (χ0) is 10.7. The lowest BCUT2D eigenvalue weighted by Gasteiger charge is -1.95. The number of carbonyl (C=O) groups is 1. The lowest BCUT2D eigenvalue weighted by atomic mass is 10.2. The monoisotopic (exact) mass is 282 g/mol. The molecule has 0 fully saturated rings. The van der Waals surface area contributed by atoms with E-state index in [0.29, 0.717) is 5.82 Å². The fraction of sp³-hybridized carbons (Fsp3) is 0.100. The van der Waals surface area contributed by atoms with Crippen molar-refractivity contribution in [3.63, 3.8) is 0 Å². The van der Waals surface area contributed by atoms with Gasteiger partial charge in [-0.15, -0.1) is 11.3 Å². The molecule has 0 bridgehead atoms. The summed E-state index contributed by atoms with van der Waals surface area (Å²) >= 11 is 4.74. The Hall–Kier alpha value is -1.07. The number of halogens is 1. The number of carbonyl (C=O) groups excluding carboxylic acids is 1. The first-order chi connectivity index (χ1) is 7.25. The van der Waals surface area contributed by atoms with Gasteiger partial charge in [0.1, 0.15) is 5.82 Å². The molecule has 0 spiro atoms. The summed E-state index contributed by atoms with van der Waals surface area (Å²) in [7, 11) is 0. The molecule has 0 aromatic carbocycles. The Morgan fingerprint density at radius 2 is 2.13 bits per heavy atom. The second kappa shape index (κ2) is 4.63. The number of aromatic nitrogens is 2. The van der Waals surface area contributed by atoms with Gasteiger partial charge in [0.05, 0.1) is 11.3 Å². The van der Waals surface area contributed by atoms with Crippen LogP contribution in [0.2, 0.25) is 0 Å². The Labute approximate surface area is 99.3 Å². The molecular weight excluding hydrogens is 276 g/mol. The van der Waals surface area contributed by atoms with Gasteiger partial charge in [0.25, 0.3) is 0 Å². The maximum Gasteiger partial charge on any atom is 0.180 e. The minimum absolute atomic E-state index is 0.0527. The molecule has 0 atom stereocenters. The van der Waals surface area contributed by atoms with E-state index in [2.05, 4.69) is 25.9 Å². The number of nitrogens with zero attached hydrogens (tertiary/aromatic N) is 2. The Morgan fingerprint density at radius 1 is 1.40 bits per heavy atom. The molecule has 0 unspecified atom stereocenters. The first kappa shape index (κ1) is 10.4. The molecule has 0 radical (unpaired) electrons. The summed E-state index contributed by atoms with van der Waals surface area (Å²) in [5.41, 5.74) is 0. The molecule has 15 heavy (non-hydrogen) atoms. The summed E-state index contributed by atoms with van der Waals surface area (Å²) in [5.74, 6) is 0.615. The van der Waals surface area contributed by atoms with E-state index in [1.54, 1.807) is 18.5 Å². The third-order valence-electron chi connectivity index (χ3n) is 1.78. The lowest BCUT2D eigenvalue weighted by molar-refractivity contribution is 0.0994. The molecular formula is C10H7BrN2OS. The third-order valence-corrected chi connectivity index (χ3v) is 3.51. The lowest BCUT2D eigenvalue weighted by Crippen LogP contribution is -2.04. The summed E-state index contributed by atoms with van der Waals surface area (Å²) in [6.07, 6.45) is 3.54. The fourth-order valence-electron chi connectivity index (χ4n) is 1.11. The quantitative estimate of drug-likeness (QED) is 0.813. The highest BCUT2D eigenvalue weighted by molar-refractivity contribution is 9.10. The van der Waals surface area contributed by atoms with Gasteiger partial charge in [0.2, 0.25) is 0 Å². The Kier molecular flexibility index (Phi) is 3.23. The number of hydrogen-bond acceptors (Lipinski definition) is 4. The first-order valence-corrected chi connectivity index (χ1v) is 5.96. The second-order valence-corrected chi connectivity index (χ2v) is 4.72. The molecule has 0 amide bonds. The molecule has 0 aliphatic carbocycles. The average molecular weight is 283 g/mol. The molecule has 0 N–H and O–H groups in total. The summed E-state index contributed by atoms with van der Waals surface area (Å²) < 4.78 is 0.935. The van der Waals surface area contributed by atoms with Crippen molar-refractivity contribution in [1.29, 1.82) is 0 Å². The molecule has 2 rings (SSSR count). The molecule has 0 saturated heterocycles. The molecule has 3 nitrogen and oxygen atoms in total. The molecule has 76 valence electrons. The second-order valence-electron chi connectivity index (χ2n) is 2.89. The molecule has 2 heterocycles. The summed E-state index contributed by atoms with van der Waals surface area (Å²) in [6.45, 7) is 0. The highest BCUT2D eigenvalue weighted by Gasteiger charge is 2.10. The Morgan fingerprint density at radius 3 is 2.73 bits per heavy atom. The van der Waals surface area contributed by atoms with Gasteiger partial charge in [0, 0.05) is 22.2 Å². The van der Waals surface area contributed by atoms with E-state index in [0.717, 1.165) is 9.35 Å². The van der Waals surface area contributed by atoms with Crippen molar-refractivity contribution in [3.8, 4) is 0 Å². The minimum Gasteiger partial charge on any atom is -0.293 e. The van der Waals surface area contributed by atoms with Gasteiger partial charge in [-0.3, -0.25) is 4.79 Å². The van der Waals surface area contributed by atoms with Crippen LogP contribution in [0.3, 0.4) is 0 Å². The minimum atomic E-state index is 0.0527. The number of thiophene rings is 1. The van der Waals surface area contributed by atoms with Crippen LogP contribution in [0, 0.1) is 0 Å². The van der Waals surface area contributed by atoms with Crippen molar-refractivity contribution in [3.05, 3.63) is 45.1 Å². The highest BCUT2D eigenvalue weighted by Crippen LogP contribution is 2.20. The van der Waals surface area contributed by atoms with E-state index in [1.807, 2.05) is 11.4 Å². The Balaban J connectivity index is 2.11. The van der Waals surface area contributed by atoms with Crippen LogP contribution in [0.4, 0.5) is 0 Å². The number of Topliss-reactive ketones (excluding diaryl/α,β-unsaturated/α-hetero) is 1. The summed E-state index contributed by atoms with van der Waals surface area (Å²) in [5, 5.41) is 1.89. The summed E-state index contributed by atoms with van der Waals surface area (Å²) in [4.78, 5) is 20.5. The molecule has 2 aromatic heterocycles. The zero-order valence-corrected chi connectivity index (χ0v) is 10.1. The van der Waals surface area contributed by atoms with Crippen LogP contribution in [0.25, 0.3) is 0 Å². The first-order valence-electron chi connectivity index (χ1n) is 4.29. The largest absolute Gasteiger partial charge is 0.293 e. The van der Waals surface area contributed by atoms with Gasteiger partial charge < -0.3 is 0 Å². The van der Waals surface area contributed by atoms with Crippen molar-refractivity contribution < 1.29 is 4.79 Å². The molecule has 2 aromatic rings. The van der Waals surface area contributed by atoms with Crippen molar-refractivity contribution in [2.24, 2.45) is 0 Å². The zero-order valence-electron chi connectivity index (χ0n) is 7.68. The standard InChI is InChI=1S/C10H7BrN2OS/c11-7-4-9(15-6-7)8(14)5-10-12-2-1-3-13-10/h1-4,6H,5H2. The molecule has 0 aliphatic rings. The molecule has 0 saturated carbocycles. The van der Waals surface area contributed by atoms with Crippen molar-refractivity contribution in [2.75, 3.05) is 0 Å². The topological polar surface area (TPSA) is 42.9 Å². The van der Waals surface area contributed by atoms with Crippen LogP contribution in [0.1, 0.15) is 15.5 Å². The smallest absolute Gasteiger partial charge is 0.180 e. The average Bonchev–Trinajstić information content (AvgIpc) is 2.66. The van der Waals surface area contributed by atoms with E-state index in [-0.39, 0.29) is 12.2 Å². The van der Waals surface area contributed by atoms with Crippen LogP contribution >= 0.6 is 27.3 Å². The van der Waals surface area contributed by atoms with Gasteiger partial charge in [0.15, 0.2) is 5.78 Å². The van der Waals surface area contributed by atoms with Crippen LogP contribution in [0.5, 0.6) is 0 Å². The van der Waals surface area contributed by atoms with E-state index in [9.17, 15) is 4.79 Å². The molecule has 5 heteroatoms. The molecule has 0 aliphatic heterocycles. The van der Waals surface area contributed by atoms with Gasteiger partial charge in [-0.1, -0.05) is 0 Å². The maximum atomic E-state index is 11.7. The van der Waals surface area contributed by atoms with Crippen LogP contribution < -0.4 is 0 Å². The van der Waals surface area contributed by atoms with Gasteiger partial charge in [-0.25, -0.2) is 9.97 Å². The van der Waals surface area contributed by atoms with Crippen molar-refractivity contribution >= 4 is 33.0 Å². The van der Waals surface area contributed by atoms with E-state index in [1.165, 1.54) is 11.3 Å². The SMILES string of the molecule is O=C(Cc1ncccn1)c1cc(Br)cs1. The van der Waals surface area contributed by atoms with Gasteiger partial charge in [-0.05, 0) is 28.1 Å². The number of rotatable bonds is 3. The Bertz CT molecular complexity index is 469. The highest BCUT2D eigenvalue weighted by atomic mass is 79.9. The van der Waals surface area contributed by atoms with Gasteiger partial charge in [-0.2, -0.15) is 0 Å². The predicted molar refractivity (Wildman–Crippen MR) is 62.1 cm³/mol. The van der Waals surface area contributed by atoms with E-state index in [4.69, 9.17) is 0 Å². The fourth-order valence-corrected chi connectivity index (χ4v) is 2.48. The number of ketones is 1. The third kappa shape index (κ3) is 2.70. The van der Waals surface area contributed by atoms with Gasteiger partial charge >= 0.3 is 0 Å². The normalized spacial score (nSPS) is 10.2. The van der Waals surface area contributed by atoms with E-state index >= 15 is 0 Å². The van der Waals surface area contributed by atoms with Crippen LogP contribution in [0.15, 0.2) is 34.4 Å². The predicted octanol–water partition coefficient (Wildman–Crippen LogP) is 2.73. The summed E-state index contributed by atoms with van der Waals surface area (Å²) in [6, 6.07) is 3.55. The van der Waals surface area contributed by atoms with Crippen molar-refractivity contribution in [2.45, 2.75) is 6.42 Å².